The molecule has 0 aliphatic rings. The van der Waals surface area contributed by atoms with Crippen LogP contribution in [0, 0.1) is 0 Å². The van der Waals surface area contributed by atoms with E-state index < -0.39 is 0 Å². The molecule has 0 radical (unpaired) electrons. The van der Waals surface area contributed by atoms with Crippen molar-refractivity contribution >= 4 is 108 Å². The number of para-hydroxylation sites is 3. The van der Waals surface area contributed by atoms with Crippen LogP contribution < -0.4 is 0 Å². The Balaban J connectivity index is 1.04. The number of hydrogen-bond donors (Lipinski definition) is 0. The highest BCUT2D eigenvalue weighted by Gasteiger charge is 2.21. The lowest BCUT2D eigenvalue weighted by atomic mass is 9.97. The van der Waals surface area contributed by atoms with Gasteiger partial charge in [-0.15, -0.1) is 11.3 Å². The molecule has 292 valence electrons. The molecule has 0 aliphatic carbocycles. The monoisotopic (exact) mass is 818 g/mol. The average molecular weight is 819 g/mol. The lowest BCUT2D eigenvalue weighted by molar-refractivity contribution is 1.16. The summed E-state index contributed by atoms with van der Waals surface area (Å²) in [7, 11) is 0. The second-order valence-electron chi connectivity index (χ2n) is 16.5. The van der Waals surface area contributed by atoms with E-state index in [1.807, 2.05) is 11.3 Å². The van der Waals surface area contributed by atoms with Crippen LogP contribution in [0.25, 0.3) is 130 Å². The topological polar surface area (TPSA) is 35.6 Å². The minimum absolute atomic E-state index is 0.737. The van der Waals surface area contributed by atoms with Crippen LogP contribution in [0.4, 0.5) is 0 Å². The third-order valence-corrected chi connectivity index (χ3v) is 14.3. The summed E-state index contributed by atoms with van der Waals surface area (Å²) in [6.45, 7) is 0. The lowest BCUT2D eigenvalue weighted by Crippen LogP contribution is -1.99. The van der Waals surface area contributed by atoms with Crippen LogP contribution >= 0.6 is 11.3 Å². The van der Waals surface area contributed by atoms with Gasteiger partial charge in [0.05, 0.1) is 39.0 Å². The molecule has 4 aromatic heterocycles. The Bertz CT molecular complexity index is 4170. The van der Waals surface area contributed by atoms with Crippen molar-refractivity contribution in [2.75, 3.05) is 0 Å². The average Bonchev–Trinajstić information content (AvgIpc) is 4.00. The van der Waals surface area contributed by atoms with Crippen LogP contribution in [0.1, 0.15) is 0 Å². The number of hydrogen-bond acceptors (Lipinski definition) is 3. The Kier molecular flexibility index (Phi) is 7.24. The van der Waals surface area contributed by atoms with E-state index in [0.29, 0.717) is 0 Å². The van der Waals surface area contributed by atoms with Gasteiger partial charge in [-0.2, -0.15) is 0 Å². The molecule has 10 aromatic carbocycles. The normalized spacial score (nSPS) is 12.1. The van der Waals surface area contributed by atoms with E-state index in [9.17, 15) is 0 Å². The zero-order chi connectivity index (χ0) is 41.2. The van der Waals surface area contributed by atoms with E-state index in [-0.39, 0.29) is 0 Å². The van der Waals surface area contributed by atoms with Gasteiger partial charge in [0.15, 0.2) is 5.82 Å². The van der Waals surface area contributed by atoms with Gasteiger partial charge in [-0.25, -0.2) is 9.97 Å². The maximum Gasteiger partial charge on any atom is 0.161 e. The Labute approximate surface area is 365 Å². The molecule has 0 saturated carbocycles. The molecule has 14 rings (SSSR count). The molecule has 0 saturated heterocycles. The van der Waals surface area contributed by atoms with Crippen molar-refractivity contribution in [3.8, 4) is 34.0 Å². The second kappa shape index (κ2) is 13.2. The van der Waals surface area contributed by atoms with Gasteiger partial charge in [0.2, 0.25) is 0 Å². The summed E-state index contributed by atoms with van der Waals surface area (Å²) in [6.07, 6.45) is 0. The summed E-state index contributed by atoms with van der Waals surface area (Å²) in [5, 5.41) is 13.2. The van der Waals surface area contributed by atoms with Gasteiger partial charge in [-0.05, 0) is 76.8 Å². The summed E-state index contributed by atoms with van der Waals surface area (Å²) in [5.41, 5.74) is 11.0. The van der Waals surface area contributed by atoms with Crippen molar-refractivity contribution in [2.24, 2.45) is 0 Å². The SMILES string of the molecule is c1ccc2cc3c(cc2c1)c1ccc(-n2c4ccccc4c4ccccc42)cc1n3-c1cccc2c(-c3nc(-c4cccc5c4sc4ccccc45)nc4ccccc34)cccc12. The summed E-state index contributed by atoms with van der Waals surface area (Å²) < 4.78 is 7.38. The summed E-state index contributed by atoms with van der Waals surface area (Å²) in [5.74, 6) is 0.737. The highest BCUT2D eigenvalue weighted by Crippen LogP contribution is 2.43. The van der Waals surface area contributed by atoms with Crippen molar-refractivity contribution < 1.29 is 0 Å². The molecule has 0 atom stereocenters. The largest absolute Gasteiger partial charge is 0.309 e. The van der Waals surface area contributed by atoms with Gasteiger partial charge in [0.1, 0.15) is 0 Å². The third-order valence-electron chi connectivity index (χ3n) is 13.1. The molecule has 0 spiro atoms. The molecule has 0 fully saturated rings. The fourth-order valence-corrected chi connectivity index (χ4v) is 11.5. The van der Waals surface area contributed by atoms with E-state index in [4.69, 9.17) is 9.97 Å². The van der Waals surface area contributed by atoms with Gasteiger partial charge >= 0.3 is 0 Å². The number of fused-ring (bicyclic) bond motifs is 12. The second-order valence-corrected chi connectivity index (χ2v) is 17.5. The number of rotatable bonds is 4. The molecule has 0 N–H and O–H groups in total. The maximum atomic E-state index is 5.51. The predicted molar refractivity (Wildman–Crippen MR) is 267 cm³/mol. The van der Waals surface area contributed by atoms with Gasteiger partial charge in [-0.1, -0.05) is 146 Å². The zero-order valence-corrected chi connectivity index (χ0v) is 34.6. The molecule has 4 nitrogen and oxygen atoms in total. The molecule has 14 aromatic rings. The molecular formula is C58H34N4S. The number of thiophene rings is 1. The highest BCUT2D eigenvalue weighted by molar-refractivity contribution is 7.26. The number of benzene rings is 10. The summed E-state index contributed by atoms with van der Waals surface area (Å²) in [6, 6.07) is 75.0. The van der Waals surface area contributed by atoms with Crippen LogP contribution in [-0.4, -0.2) is 19.1 Å². The molecule has 0 bridgehead atoms. The summed E-state index contributed by atoms with van der Waals surface area (Å²) in [4.78, 5) is 10.8. The van der Waals surface area contributed by atoms with Gasteiger partial charge in [-0.3, -0.25) is 0 Å². The van der Waals surface area contributed by atoms with E-state index in [2.05, 4.69) is 215 Å². The van der Waals surface area contributed by atoms with Crippen molar-refractivity contribution in [2.45, 2.75) is 0 Å². The number of nitrogens with zero attached hydrogens (tertiary/aromatic N) is 4. The maximum absolute atomic E-state index is 5.51. The Morgan fingerprint density at radius 3 is 1.78 bits per heavy atom. The van der Waals surface area contributed by atoms with Crippen LogP contribution in [0.15, 0.2) is 206 Å². The first-order chi connectivity index (χ1) is 31.2. The smallest absolute Gasteiger partial charge is 0.161 e. The number of aromatic nitrogens is 4. The minimum Gasteiger partial charge on any atom is -0.309 e. The third kappa shape index (κ3) is 5.03. The lowest BCUT2D eigenvalue weighted by Gasteiger charge is -2.16. The Hall–Kier alpha value is -8.12. The predicted octanol–water partition coefficient (Wildman–Crippen LogP) is 15.8. The minimum atomic E-state index is 0.737. The Morgan fingerprint density at radius 1 is 0.349 bits per heavy atom. The van der Waals surface area contributed by atoms with E-state index >= 15 is 0 Å². The Morgan fingerprint density at radius 2 is 0.952 bits per heavy atom. The van der Waals surface area contributed by atoms with Crippen molar-refractivity contribution in [1.82, 2.24) is 19.1 Å². The van der Waals surface area contributed by atoms with Crippen LogP contribution in [0.3, 0.4) is 0 Å². The first kappa shape index (κ1) is 34.6. The quantitative estimate of drug-likeness (QED) is 0.177. The van der Waals surface area contributed by atoms with E-state index in [0.717, 1.165) is 61.2 Å². The first-order valence-electron chi connectivity index (χ1n) is 21.4. The molecule has 63 heavy (non-hydrogen) atoms. The zero-order valence-electron chi connectivity index (χ0n) is 33.8. The van der Waals surface area contributed by atoms with Crippen LogP contribution in [-0.2, 0) is 0 Å². The van der Waals surface area contributed by atoms with Gasteiger partial charge < -0.3 is 9.13 Å². The van der Waals surface area contributed by atoms with Gasteiger partial charge in [0, 0.05) is 69.3 Å². The summed E-state index contributed by atoms with van der Waals surface area (Å²) >= 11 is 1.81. The van der Waals surface area contributed by atoms with Crippen molar-refractivity contribution in [1.29, 1.82) is 0 Å². The van der Waals surface area contributed by atoms with E-state index in [1.165, 1.54) is 69.0 Å². The first-order valence-corrected chi connectivity index (χ1v) is 22.2. The fourth-order valence-electron chi connectivity index (χ4n) is 10.3. The standard InChI is InChI=1S/C58H34N4S/c1-2-15-36-33-53-48(32-35(36)14-1)42-31-30-37(61-50-26-8-4-16-40(50)41-17-5-9-27-51(41)61)34-54(42)62(53)52-28-13-20-38-39(52)21-11-22-44(38)56-46-19-3-7-25-49(46)59-58(60-56)47-24-12-23-45-43-18-6-10-29-55(43)63-57(45)47/h1-34H. The molecule has 5 heteroatoms. The molecule has 4 heterocycles. The van der Waals surface area contributed by atoms with Crippen LogP contribution in [0.5, 0.6) is 0 Å². The van der Waals surface area contributed by atoms with E-state index in [1.54, 1.807) is 0 Å². The van der Waals surface area contributed by atoms with Gasteiger partial charge in [0.25, 0.3) is 0 Å². The highest BCUT2D eigenvalue weighted by atomic mass is 32.1. The van der Waals surface area contributed by atoms with Crippen molar-refractivity contribution in [3.05, 3.63) is 206 Å². The fraction of sp³-hybridized carbons (Fsp3) is 0. The van der Waals surface area contributed by atoms with Crippen LogP contribution in [0.2, 0.25) is 0 Å². The molecular weight excluding hydrogens is 785 g/mol. The van der Waals surface area contributed by atoms with Crippen molar-refractivity contribution in [3.63, 3.8) is 0 Å². The molecule has 0 aliphatic heterocycles. The molecule has 0 amide bonds. The molecule has 0 unspecified atom stereocenters.